The van der Waals surface area contributed by atoms with Crippen LogP contribution in [0.25, 0.3) is 0 Å². The molecule has 11 heteroatoms. The lowest BCUT2D eigenvalue weighted by atomic mass is 9.98. The Morgan fingerprint density at radius 3 is 2.44 bits per heavy atom. The molecule has 10 nitrogen and oxygen atoms in total. The molecule has 0 saturated carbocycles. The highest BCUT2D eigenvalue weighted by molar-refractivity contribution is 7.10. The minimum Gasteiger partial charge on any atom is -0.353 e. The highest BCUT2D eigenvalue weighted by Gasteiger charge is 2.30. The maximum Gasteiger partial charge on any atom is 0.320 e. The molecule has 2 aliphatic rings. The second-order valence-corrected chi connectivity index (χ2v) is 9.46. The third kappa shape index (κ3) is 4.74. The van der Waals surface area contributed by atoms with Gasteiger partial charge in [0.2, 0.25) is 0 Å². The fraction of sp³-hybridized carbons (Fsp3) is 0.435. The van der Waals surface area contributed by atoms with Gasteiger partial charge in [0.15, 0.2) is 0 Å². The normalized spacial score (nSPS) is 17.1. The largest absolute Gasteiger partial charge is 0.353 e. The van der Waals surface area contributed by atoms with Gasteiger partial charge in [0, 0.05) is 69.9 Å². The molecular weight excluding hydrogens is 452 g/mol. The summed E-state index contributed by atoms with van der Waals surface area (Å²) in [5, 5.41) is 9.66. The van der Waals surface area contributed by atoms with E-state index in [0.29, 0.717) is 37.7 Å². The first-order valence-electron chi connectivity index (χ1n) is 11.5. The molecule has 0 spiro atoms. The van der Waals surface area contributed by atoms with Gasteiger partial charge < -0.3 is 20.0 Å². The molecule has 0 aliphatic carbocycles. The summed E-state index contributed by atoms with van der Waals surface area (Å²) in [6, 6.07) is 7.78. The lowest BCUT2D eigenvalue weighted by Crippen LogP contribution is -2.54. The second kappa shape index (κ2) is 9.80. The molecule has 0 aromatic carbocycles. The van der Waals surface area contributed by atoms with Crippen LogP contribution < -0.4 is 10.2 Å². The van der Waals surface area contributed by atoms with E-state index in [1.54, 1.807) is 35.6 Å². The van der Waals surface area contributed by atoms with Gasteiger partial charge in [0.1, 0.15) is 17.3 Å². The van der Waals surface area contributed by atoms with Crippen LogP contribution in [0.5, 0.6) is 0 Å². The Hall–Kier alpha value is -3.47. The van der Waals surface area contributed by atoms with E-state index in [1.165, 1.54) is 11.3 Å². The Kier molecular flexibility index (Phi) is 6.43. The summed E-state index contributed by atoms with van der Waals surface area (Å²) in [4.78, 5) is 40.7. The van der Waals surface area contributed by atoms with Crippen LogP contribution in [0.15, 0.2) is 42.0 Å². The number of aromatic nitrogens is 4. The van der Waals surface area contributed by atoms with E-state index >= 15 is 0 Å². The monoisotopic (exact) mass is 480 g/mol. The van der Waals surface area contributed by atoms with Crippen LogP contribution in [-0.4, -0.2) is 80.8 Å². The highest BCUT2D eigenvalue weighted by atomic mass is 32.1. The van der Waals surface area contributed by atoms with Gasteiger partial charge in [-0.1, -0.05) is 6.07 Å². The van der Waals surface area contributed by atoms with Crippen molar-refractivity contribution in [3.05, 3.63) is 52.7 Å². The maximum atomic E-state index is 13.1. The summed E-state index contributed by atoms with van der Waals surface area (Å²) in [7, 11) is 1.78. The van der Waals surface area contributed by atoms with Crippen LogP contribution in [0.4, 0.5) is 16.4 Å². The fourth-order valence-corrected chi connectivity index (χ4v) is 5.41. The molecule has 2 saturated heterocycles. The molecule has 178 valence electrons. The molecular formula is C23H28N8O2S. The number of pyridine rings is 1. The Morgan fingerprint density at radius 2 is 1.76 bits per heavy atom. The third-order valence-corrected chi connectivity index (χ3v) is 7.46. The standard InChI is InChI=1S/C23H28N8O2S/c1-28-20(5-9-25-28)27-21(32)18-16-34-22(26-18)17-6-10-30(11-7-17)23(33)31-14-12-29(13-15-31)19-4-2-3-8-24-19/h2-5,8-9,16-17H,6-7,10-15H2,1H3,(H,27,32). The van der Waals surface area contributed by atoms with Crippen molar-refractivity contribution in [1.29, 1.82) is 0 Å². The zero-order valence-electron chi connectivity index (χ0n) is 19.1. The van der Waals surface area contributed by atoms with E-state index in [1.807, 2.05) is 28.0 Å². The number of piperidine rings is 1. The van der Waals surface area contributed by atoms with Crippen LogP contribution in [0.3, 0.4) is 0 Å². The predicted octanol–water partition coefficient (Wildman–Crippen LogP) is 2.65. The van der Waals surface area contributed by atoms with Gasteiger partial charge in [-0.05, 0) is 25.0 Å². The third-order valence-electron chi connectivity index (χ3n) is 6.46. The number of likely N-dealkylation sites (tertiary alicyclic amines) is 1. The van der Waals surface area contributed by atoms with Crippen molar-refractivity contribution in [3.63, 3.8) is 0 Å². The molecule has 3 amide bonds. The summed E-state index contributed by atoms with van der Waals surface area (Å²) in [5.74, 6) is 1.64. The van der Waals surface area contributed by atoms with Crippen molar-refractivity contribution in [2.45, 2.75) is 18.8 Å². The average molecular weight is 481 g/mol. The minimum atomic E-state index is -0.233. The zero-order chi connectivity index (χ0) is 23.5. The SMILES string of the molecule is Cn1nccc1NC(=O)c1csc(C2CCN(C(=O)N3CCN(c4ccccn4)CC3)CC2)n1. The molecule has 3 aromatic heterocycles. The summed E-state index contributed by atoms with van der Waals surface area (Å²) in [6.45, 7) is 4.41. The first-order chi connectivity index (χ1) is 16.6. The Bertz CT molecular complexity index is 1130. The van der Waals surface area contributed by atoms with Crippen molar-refractivity contribution in [2.75, 3.05) is 49.5 Å². The summed E-state index contributed by atoms with van der Waals surface area (Å²) >= 11 is 1.52. The number of amides is 3. The van der Waals surface area contributed by atoms with Gasteiger partial charge >= 0.3 is 6.03 Å². The smallest absolute Gasteiger partial charge is 0.320 e. The summed E-state index contributed by atoms with van der Waals surface area (Å²) < 4.78 is 1.61. The molecule has 1 N–H and O–H groups in total. The van der Waals surface area contributed by atoms with Crippen LogP contribution >= 0.6 is 11.3 Å². The number of hydrogen-bond acceptors (Lipinski definition) is 7. The number of thiazole rings is 1. The number of hydrogen-bond donors (Lipinski definition) is 1. The number of urea groups is 1. The topological polar surface area (TPSA) is 99.5 Å². The number of nitrogens with one attached hydrogen (secondary N) is 1. The van der Waals surface area contributed by atoms with Crippen LogP contribution in [-0.2, 0) is 7.05 Å². The lowest BCUT2D eigenvalue weighted by molar-refractivity contribution is 0.102. The number of aryl methyl sites for hydroxylation is 1. The first kappa shape index (κ1) is 22.3. The van der Waals surface area contributed by atoms with Crippen molar-refractivity contribution in [3.8, 4) is 0 Å². The van der Waals surface area contributed by atoms with E-state index in [9.17, 15) is 9.59 Å². The Labute approximate surface area is 202 Å². The molecule has 5 rings (SSSR count). The Balaban J connectivity index is 1.11. The van der Waals surface area contributed by atoms with Gasteiger partial charge in [0.05, 0.1) is 11.2 Å². The van der Waals surface area contributed by atoms with Crippen molar-refractivity contribution >= 4 is 34.9 Å². The van der Waals surface area contributed by atoms with Gasteiger partial charge in [-0.2, -0.15) is 5.10 Å². The van der Waals surface area contributed by atoms with Crippen LogP contribution in [0.2, 0.25) is 0 Å². The van der Waals surface area contributed by atoms with Gasteiger partial charge in [-0.25, -0.2) is 14.8 Å². The highest BCUT2D eigenvalue weighted by Crippen LogP contribution is 2.31. The van der Waals surface area contributed by atoms with E-state index in [-0.39, 0.29) is 17.9 Å². The average Bonchev–Trinajstić information content (AvgIpc) is 3.54. The van der Waals surface area contributed by atoms with Crippen molar-refractivity contribution < 1.29 is 9.59 Å². The number of nitrogens with zero attached hydrogens (tertiary/aromatic N) is 7. The maximum absolute atomic E-state index is 13.1. The number of anilines is 2. The molecule has 0 bridgehead atoms. The predicted molar refractivity (Wildman–Crippen MR) is 130 cm³/mol. The Morgan fingerprint density at radius 1 is 1.00 bits per heavy atom. The molecule has 0 atom stereocenters. The van der Waals surface area contributed by atoms with Gasteiger partial charge in [-0.3, -0.25) is 9.48 Å². The summed E-state index contributed by atoms with van der Waals surface area (Å²) in [6.07, 6.45) is 5.15. The zero-order valence-corrected chi connectivity index (χ0v) is 19.9. The van der Waals surface area contributed by atoms with E-state index < -0.39 is 0 Å². The van der Waals surface area contributed by atoms with Crippen molar-refractivity contribution in [2.24, 2.45) is 7.05 Å². The van der Waals surface area contributed by atoms with Crippen LogP contribution in [0.1, 0.15) is 34.3 Å². The molecule has 2 aliphatic heterocycles. The number of carbonyl (C=O) groups is 2. The molecule has 34 heavy (non-hydrogen) atoms. The lowest BCUT2D eigenvalue weighted by Gasteiger charge is -2.39. The minimum absolute atomic E-state index is 0.120. The quantitative estimate of drug-likeness (QED) is 0.616. The van der Waals surface area contributed by atoms with Gasteiger partial charge in [0.25, 0.3) is 5.91 Å². The van der Waals surface area contributed by atoms with E-state index in [4.69, 9.17) is 0 Å². The van der Waals surface area contributed by atoms with Gasteiger partial charge in [-0.15, -0.1) is 11.3 Å². The molecule has 0 radical (unpaired) electrons. The molecule has 0 unspecified atom stereocenters. The molecule has 3 aromatic rings. The number of carbonyl (C=O) groups excluding carboxylic acids is 2. The second-order valence-electron chi connectivity index (χ2n) is 8.57. The van der Waals surface area contributed by atoms with Crippen molar-refractivity contribution in [1.82, 2.24) is 29.5 Å². The van der Waals surface area contributed by atoms with Crippen LogP contribution in [0, 0.1) is 0 Å². The first-order valence-corrected chi connectivity index (χ1v) is 12.4. The summed E-state index contributed by atoms with van der Waals surface area (Å²) in [5.41, 5.74) is 0.422. The number of rotatable bonds is 4. The fourth-order valence-electron chi connectivity index (χ4n) is 4.44. The number of piperazine rings is 1. The van der Waals surface area contributed by atoms with E-state index in [0.717, 1.165) is 36.8 Å². The molecule has 2 fully saturated rings. The molecule has 5 heterocycles. The van der Waals surface area contributed by atoms with E-state index in [2.05, 4.69) is 25.3 Å².